The molecule has 14 heavy (non-hydrogen) atoms. The fraction of sp³-hybridized carbons (Fsp3) is 0.400. The molecule has 0 aromatic carbocycles. The summed E-state index contributed by atoms with van der Waals surface area (Å²) in [6.45, 7) is 0. The van der Waals surface area contributed by atoms with Gasteiger partial charge in [0.05, 0.1) is 5.92 Å². The highest BCUT2D eigenvalue weighted by Gasteiger charge is 2.36. The molecule has 1 aliphatic rings. The fourth-order valence-electron chi connectivity index (χ4n) is 1.45. The van der Waals surface area contributed by atoms with Crippen LogP contribution in [0.25, 0.3) is 0 Å². The highest BCUT2D eigenvalue weighted by atomic mass is 16.5. The molecule has 0 atom stereocenters. The second-order valence-corrected chi connectivity index (χ2v) is 3.41. The van der Waals surface area contributed by atoms with Gasteiger partial charge >= 0.3 is 5.97 Å². The molecule has 0 saturated heterocycles. The summed E-state index contributed by atoms with van der Waals surface area (Å²) in [5.41, 5.74) is 0. The van der Waals surface area contributed by atoms with E-state index in [4.69, 9.17) is 9.84 Å². The molecule has 0 aliphatic heterocycles. The summed E-state index contributed by atoms with van der Waals surface area (Å²) in [7, 11) is 0. The lowest BCUT2D eigenvalue weighted by Crippen LogP contribution is -2.38. The summed E-state index contributed by atoms with van der Waals surface area (Å²) in [6, 6.07) is 5.43. The van der Waals surface area contributed by atoms with Crippen LogP contribution in [0.5, 0.6) is 5.88 Å². The fourth-order valence-corrected chi connectivity index (χ4v) is 1.45. The number of ether oxygens (including phenoxy) is 1. The van der Waals surface area contributed by atoms with Crippen molar-refractivity contribution in [1.29, 1.82) is 0 Å². The number of carboxylic acids is 1. The Labute approximate surface area is 81.5 Å². The summed E-state index contributed by atoms with van der Waals surface area (Å²) >= 11 is 0. The molecule has 1 N–H and O–H groups in total. The van der Waals surface area contributed by atoms with Gasteiger partial charge in [-0.2, -0.15) is 0 Å². The molecule has 4 heteroatoms. The van der Waals surface area contributed by atoms with Crippen LogP contribution in [0.1, 0.15) is 12.8 Å². The molecule has 74 valence electrons. The molecule has 4 nitrogen and oxygen atoms in total. The maximum absolute atomic E-state index is 10.5. The van der Waals surface area contributed by atoms with Crippen LogP contribution in [0.4, 0.5) is 0 Å². The summed E-state index contributed by atoms with van der Waals surface area (Å²) in [4.78, 5) is 14.5. The summed E-state index contributed by atoms with van der Waals surface area (Å²) < 4.78 is 5.46. The first-order valence-corrected chi connectivity index (χ1v) is 4.56. The van der Waals surface area contributed by atoms with Gasteiger partial charge in [0.1, 0.15) is 6.10 Å². The van der Waals surface area contributed by atoms with Gasteiger partial charge in [0.15, 0.2) is 0 Å². The van der Waals surface area contributed by atoms with Crippen molar-refractivity contribution in [1.82, 2.24) is 4.98 Å². The van der Waals surface area contributed by atoms with Crippen molar-refractivity contribution >= 4 is 5.97 Å². The first-order valence-electron chi connectivity index (χ1n) is 4.56. The predicted octanol–water partition coefficient (Wildman–Crippen LogP) is 1.32. The van der Waals surface area contributed by atoms with Crippen molar-refractivity contribution in [3.05, 3.63) is 24.4 Å². The Morgan fingerprint density at radius 2 is 2.29 bits per heavy atom. The smallest absolute Gasteiger partial charge is 0.306 e. The minimum absolute atomic E-state index is 0.0194. The van der Waals surface area contributed by atoms with Gasteiger partial charge in [0.2, 0.25) is 5.88 Å². The zero-order chi connectivity index (χ0) is 9.97. The number of aliphatic carboxylic acids is 1. The molecule has 1 fully saturated rings. The van der Waals surface area contributed by atoms with Crippen molar-refractivity contribution in [3.8, 4) is 5.88 Å². The van der Waals surface area contributed by atoms with E-state index in [0.717, 1.165) is 0 Å². The maximum Gasteiger partial charge on any atom is 0.306 e. The van der Waals surface area contributed by atoms with E-state index in [1.54, 1.807) is 12.3 Å². The van der Waals surface area contributed by atoms with Crippen molar-refractivity contribution in [2.45, 2.75) is 18.9 Å². The van der Waals surface area contributed by atoms with Crippen molar-refractivity contribution in [3.63, 3.8) is 0 Å². The zero-order valence-electron chi connectivity index (χ0n) is 7.59. The highest BCUT2D eigenvalue weighted by molar-refractivity contribution is 5.71. The molecule has 1 heterocycles. The van der Waals surface area contributed by atoms with E-state index in [1.165, 1.54) is 0 Å². The minimum Gasteiger partial charge on any atom is -0.481 e. The molecular weight excluding hydrogens is 182 g/mol. The molecular formula is C10H11NO3. The van der Waals surface area contributed by atoms with E-state index in [9.17, 15) is 4.79 Å². The van der Waals surface area contributed by atoms with Gasteiger partial charge in [-0.05, 0) is 18.9 Å². The van der Waals surface area contributed by atoms with E-state index >= 15 is 0 Å². The van der Waals surface area contributed by atoms with Crippen molar-refractivity contribution < 1.29 is 14.6 Å². The zero-order valence-corrected chi connectivity index (χ0v) is 7.59. The molecule has 0 bridgehead atoms. The minimum atomic E-state index is -0.731. The van der Waals surface area contributed by atoms with Gasteiger partial charge in [0.25, 0.3) is 0 Å². The molecule has 0 radical (unpaired) electrons. The molecule has 1 saturated carbocycles. The van der Waals surface area contributed by atoms with Gasteiger partial charge in [-0.15, -0.1) is 0 Å². The van der Waals surface area contributed by atoms with Gasteiger partial charge < -0.3 is 9.84 Å². The Morgan fingerprint density at radius 3 is 2.86 bits per heavy atom. The Morgan fingerprint density at radius 1 is 1.50 bits per heavy atom. The van der Waals surface area contributed by atoms with Crippen LogP contribution < -0.4 is 4.74 Å². The monoisotopic (exact) mass is 193 g/mol. The van der Waals surface area contributed by atoms with E-state index in [2.05, 4.69) is 4.98 Å². The summed E-state index contributed by atoms with van der Waals surface area (Å²) in [5.74, 6) is -0.393. The maximum atomic E-state index is 10.5. The van der Waals surface area contributed by atoms with E-state index in [0.29, 0.717) is 18.7 Å². The SMILES string of the molecule is O=C(O)C1CC(Oc2ccccn2)C1. The Bertz CT molecular complexity index is 319. The molecule has 1 aliphatic carbocycles. The first kappa shape index (κ1) is 8.99. The van der Waals surface area contributed by atoms with Crippen LogP contribution in [-0.2, 0) is 4.79 Å². The quantitative estimate of drug-likeness (QED) is 0.786. The second kappa shape index (κ2) is 3.65. The van der Waals surface area contributed by atoms with Crippen LogP contribution in [-0.4, -0.2) is 22.2 Å². The third-order valence-corrected chi connectivity index (χ3v) is 2.37. The predicted molar refractivity (Wildman–Crippen MR) is 49.0 cm³/mol. The Hall–Kier alpha value is -1.58. The van der Waals surface area contributed by atoms with E-state index < -0.39 is 5.97 Å². The number of rotatable bonds is 3. The number of hydrogen-bond acceptors (Lipinski definition) is 3. The number of aromatic nitrogens is 1. The number of pyridine rings is 1. The lowest BCUT2D eigenvalue weighted by Gasteiger charge is -2.31. The molecule has 0 spiro atoms. The van der Waals surface area contributed by atoms with Crippen molar-refractivity contribution in [2.75, 3.05) is 0 Å². The average Bonchev–Trinajstić information content (AvgIpc) is 2.12. The van der Waals surface area contributed by atoms with Crippen LogP contribution in [0.2, 0.25) is 0 Å². The molecule has 0 unspecified atom stereocenters. The van der Waals surface area contributed by atoms with Crippen LogP contribution >= 0.6 is 0 Å². The second-order valence-electron chi connectivity index (χ2n) is 3.41. The average molecular weight is 193 g/mol. The normalized spacial score (nSPS) is 25.1. The number of carbonyl (C=O) groups is 1. The molecule has 0 amide bonds. The van der Waals surface area contributed by atoms with E-state index in [-0.39, 0.29) is 12.0 Å². The van der Waals surface area contributed by atoms with Gasteiger partial charge in [-0.3, -0.25) is 4.79 Å². The third-order valence-electron chi connectivity index (χ3n) is 2.37. The largest absolute Gasteiger partial charge is 0.481 e. The Balaban J connectivity index is 1.82. The standard InChI is InChI=1S/C10H11NO3/c12-10(13)7-5-8(6-7)14-9-3-1-2-4-11-9/h1-4,7-8H,5-6H2,(H,12,13). The van der Waals surface area contributed by atoms with Crippen molar-refractivity contribution in [2.24, 2.45) is 5.92 Å². The lowest BCUT2D eigenvalue weighted by molar-refractivity contribution is -0.148. The summed E-state index contributed by atoms with van der Waals surface area (Å²) in [5, 5.41) is 8.65. The van der Waals surface area contributed by atoms with Crippen LogP contribution in [0.15, 0.2) is 24.4 Å². The van der Waals surface area contributed by atoms with Gasteiger partial charge in [-0.25, -0.2) is 4.98 Å². The number of nitrogens with zero attached hydrogens (tertiary/aromatic N) is 1. The van der Waals surface area contributed by atoms with E-state index in [1.807, 2.05) is 12.1 Å². The lowest BCUT2D eigenvalue weighted by atomic mass is 9.82. The molecule has 1 aromatic rings. The van der Waals surface area contributed by atoms with Crippen LogP contribution in [0, 0.1) is 5.92 Å². The number of hydrogen-bond donors (Lipinski definition) is 1. The number of carboxylic acid groups (broad SMARTS) is 1. The third kappa shape index (κ3) is 1.84. The topological polar surface area (TPSA) is 59.4 Å². The summed E-state index contributed by atoms with van der Waals surface area (Å²) in [6.07, 6.45) is 2.85. The molecule has 1 aromatic heterocycles. The Kier molecular flexibility index (Phi) is 2.35. The molecule has 2 rings (SSSR count). The first-order chi connectivity index (χ1) is 6.75. The highest BCUT2D eigenvalue weighted by Crippen LogP contribution is 2.30. The van der Waals surface area contributed by atoms with Gasteiger partial charge in [-0.1, -0.05) is 6.07 Å². The van der Waals surface area contributed by atoms with Gasteiger partial charge in [0, 0.05) is 12.3 Å². The van der Waals surface area contributed by atoms with Crippen LogP contribution in [0.3, 0.4) is 0 Å².